The van der Waals surface area contributed by atoms with Crippen LogP contribution in [0.4, 0.5) is 0 Å². The summed E-state index contributed by atoms with van der Waals surface area (Å²) in [5, 5.41) is 3.09. The maximum Gasteiger partial charge on any atom is 0.261 e. The van der Waals surface area contributed by atoms with E-state index in [0.717, 1.165) is 30.7 Å². The van der Waals surface area contributed by atoms with Crippen LogP contribution in [-0.2, 0) is 25.9 Å². The number of carbonyl (C=O) groups is 1. The first-order valence-electron chi connectivity index (χ1n) is 8.66. The van der Waals surface area contributed by atoms with Crippen LogP contribution in [0.25, 0.3) is 0 Å². The average Bonchev–Trinajstić information content (AvgIpc) is 2.97. The molecular weight excluding hydrogens is 316 g/mol. The monoisotopic (exact) mass is 344 g/mol. The summed E-state index contributed by atoms with van der Waals surface area (Å²) < 4.78 is 0. The summed E-state index contributed by atoms with van der Waals surface area (Å²) in [5.41, 5.74) is 3.76. The number of hydrogen-bond donors (Lipinski definition) is 1. The molecule has 0 aliphatic rings. The zero-order valence-corrected chi connectivity index (χ0v) is 16.0. The van der Waals surface area contributed by atoms with Gasteiger partial charge in [0.25, 0.3) is 5.91 Å². The molecule has 24 heavy (non-hydrogen) atoms. The molecule has 0 unspecified atom stereocenters. The first-order valence-corrected chi connectivity index (χ1v) is 9.48. The van der Waals surface area contributed by atoms with Gasteiger partial charge in [-0.2, -0.15) is 0 Å². The Balaban J connectivity index is 2.06. The van der Waals surface area contributed by atoms with Gasteiger partial charge in [0.2, 0.25) is 0 Å². The van der Waals surface area contributed by atoms with Crippen molar-refractivity contribution in [3.8, 4) is 0 Å². The van der Waals surface area contributed by atoms with Gasteiger partial charge in [-0.15, -0.1) is 11.3 Å². The summed E-state index contributed by atoms with van der Waals surface area (Å²) >= 11 is 1.65. The number of benzene rings is 1. The predicted octanol–water partition coefficient (Wildman–Crippen LogP) is 4.25. The van der Waals surface area contributed by atoms with Crippen LogP contribution in [-0.4, -0.2) is 24.9 Å². The molecule has 3 nitrogen and oxygen atoms in total. The summed E-state index contributed by atoms with van der Waals surface area (Å²) in [4.78, 5) is 16.9. The highest BCUT2D eigenvalue weighted by Crippen LogP contribution is 2.24. The van der Waals surface area contributed by atoms with E-state index in [9.17, 15) is 4.79 Å². The third-order valence-corrected chi connectivity index (χ3v) is 5.26. The standard InChI is InChI=1S/C20H28N2OS/c1-5-9-18-15(6-2)12-19(24-18)20(23)21-13-16-10-7-8-11-17(16)14-22(3)4/h7-8,10-12H,5-6,9,13-14H2,1-4H3,(H,21,23). The quantitative estimate of drug-likeness (QED) is 0.776. The SMILES string of the molecule is CCCc1sc(C(=O)NCc2ccccc2CN(C)C)cc1CC. The minimum absolute atomic E-state index is 0.0386. The number of amides is 1. The molecule has 1 aromatic heterocycles. The number of nitrogens with zero attached hydrogens (tertiary/aromatic N) is 1. The van der Waals surface area contributed by atoms with Gasteiger partial charge < -0.3 is 10.2 Å². The topological polar surface area (TPSA) is 32.3 Å². The summed E-state index contributed by atoms with van der Waals surface area (Å²) in [5.74, 6) is 0.0386. The van der Waals surface area contributed by atoms with Crippen LogP contribution in [0.2, 0.25) is 0 Å². The van der Waals surface area contributed by atoms with Crippen LogP contribution < -0.4 is 5.32 Å². The van der Waals surface area contributed by atoms with Crippen LogP contribution in [0.3, 0.4) is 0 Å². The molecule has 2 rings (SSSR count). The fourth-order valence-electron chi connectivity index (χ4n) is 2.80. The van der Waals surface area contributed by atoms with Gasteiger partial charge in [-0.3, -0.25) is 4.79 Å². The van der Waals surface area contributed by atoms with Crippen LogP contribution in [0, 0.1) is 0 Å². The fraction of sp³-hybridized carbons (Fsp3) is 0.450. The average molecular weight is 345 g/mol. The molecule has 0 saturated carbocycles. The van der Waals surface area contributed by atoms with Crippen molar-refractivity contribution in [1.82, 2.24) is 10.2 Å². The molecule has 1 amide bonds. The van der Waals surface area contributed by atoms with Crippen LogP contribution >= 0.6 is 11.3 Å². The van der Waals surface area contributed by atoms with E-state index in [1.807, 2.05) is 12.1 Å². The van der Waals surface area contributed by atoms with E-state index in [-0.39, 0.29) is 5.91 Å². The number of rotatable bonds is 8. The highest BCUT2D eigenvalue weighted by Gasteiger charge is 2.13. The summed E-state index contributed by atoms with van der Waals surface area (Å²) in [6.07, 6.45) is 3.17. The number of aryl methyl sites for hydroxylation is 2. The molecule has 0 atom stereocenters. The Morgan fingerprint density at radius 1 is 1.12 bits per heavy atom. The van der Waals surface area contributed by atoms with Crippen molar-refractivity contribution in [1.29, 1.82) is 0 Å². The molecule has 0 spiro atoms. The largest absolute Gasteiger partial charge is 0.347 e. The Bertz CT molecular complexity index is 676. The molecule has 1 aromatic carbocycles. The summed E-state index contributed by atoms with van der Waals surface area (Å²) in [7, 11) is 4.12. The fourth-order valence-corrected chi connectivity index (χ4v) is 4.08. The first-order chi connectivity index (χ1) is 11.5. The van der Waals surface area contributed by atoms with Gasteiger partial charge >= 0.3 is 0 Å². The van der Waals surface area contributed by atoms with Gasteiger partial charge in [0.1, 0.15) is 0 Å². The van der Waals surface area contributed by atoms with E-state index in [1.165, 1.54) is 21.6 Å². The van der Waals surface area contributed by atoms with Crippen LogP contribution in [0.5, 0.6) is 0 Å². The Morgan fingerprint density at radius 2 is 1.83 bits per heavy atom. The van der Waals surface area contributed by atoms with E-state index >= 15 is 0 Å². The zero-order chi connectivity index (χ0) is 17.5. The van der Waals surface area contributed by atoms with E-state index < -0.39 is 0 Å². The molecule has 130 valence electrons. The lowest BCUT2D eigenvalue weighted by molar-refractivity contribution is 0.0955. The van der Waals surface area contributed by atoms with Gasteiger partial charge in [0.15, 0.2) is 0 Å². The molecule has 1 heterocycles. The molecule has 0 fully saturated rings. The van der Waals surface area contributed by atoms with Crippen molar-refractivity contribution in [3.63, 3.8) is 0 Å². The normalized spacial score (nSPS) is 11.0. The maximum absolute atomic E-state index is 12.5. The van der Waals surface area contributed by atoms with Crippen molar-refractivity contribution in [2.24, 2.45) is 0 Å². The highest BCUT2D eigenvalue weighted by atomic mass is 32.1. The third-order valence-electron chi connectivity index (χ3n) is 4.02. The first kappa shape index (κ1) is 18.7. The minimum Gasteiger partial charge on any atom is -0.347 e. The second-order valence-corrected chi connectivity index (χ2v) is 7.49. The number of hydrogen-bond acceptors (Lipinski definition) is 3. The number of nitrogens with one attached hydrogen (secondary N) is 1. The van der Waals surface area contributed by atoms with Crippen molar-refractivity contribution in [2.45, 2.75) is 46.2 Å². The van der Waals surface area contributed by atoms with Crippen molar-refractivity contribution >= 4 is 17.2 Å². The summed E-state index contributed by atoms with van der Waals surface area (Å²) in [6, 6.07) is 10.4. The maximum atomic E-state index is 12.5. The van der Waals surface area contributed by atoms with Gasteiger partial charge in [0, 0.05) is 18.0 Å². The molecule has 4 heteroatoms. The predicted molar refractivity (Wildman–Crippen MR) is 103 cm³/mol. The highest BCUT2D eigenvalue weighted by molar-refractivity contribution is 7.14. The Morgan fingerprint density at radius 3 is 2.46 bits per heavy atom. The van der Waals surface area contributed by atoms with Gasteiger partial charge in [-0.25, -0.2) is 0 Å². The molecule has 0 radical (unpaired) electrons. The number of thiophene rings is 1. The molecule has 2 aromatic rings. The molecule has 1 N–H and O–H groups in total. The summed E-state index contributed by atoms with van der Waals surface area (Å²) in [6.45, 7) is 5.79. The lowest BCUT2D eigenvalue weighted by Crippen LogP contribution is -2.23. The van der Waals surface area contributed by atoms with E-state index in [0.29, 0.717) is 6.54 Å². The van der Waals surface area contributed by atoms with E-state index in [1.54, 1.807) is 11.3 Å². The Hall–Kier alpha value is -1.65. The minimum atomic E-state index is 0.0386. The Kier molecular flexibility index (Phi) is 7.00. The lowest BCUT2D eigenvalue weighted by atomic mass is 10.1. The molecule has 0 aliphatic carbocycles. The number of carbonyl (C=O) groups excluding carboxylic acids is 1. The third kappa shape index (κ3) is 4.92. The van der Waals surface area contributed by atoms with Gasteiger partial charge in [0.05, 0.1) is 4.88 Å². The zero-order valence-electron chi connectivity index (χ0n) is 15.2. The van der Waals surface area contributed by atoms with Crippen molar-refractivity contribution < 1.29 is 4.79 Å². The van der Waals surface area contributed by atoms with Crippen molar-refractivity contribution in [2.75, 3.05) is 14.1 Å². The van der Waals surface area contributed by atoms with E-state index in [4.69, 9.17) is 0 Å². The second-order valence-electron chi connectivity index (χ2n) is 6.35. The van der Waals surface area contributed by atoms with Crippen LogP contribution in [0.1, 0.15) is 51.5 Å². The van der Waals surface area contributed by atoms with Crippen LogP contribution in [0.15, 0.2) is 30.3 Å². The Labute approximate surface area is 149 Å². The van der Waals surface area contributed by atoms with Crippen molar-refractivity contribution in [3.05, 3.63) is 56.8 Å². The molecule has 0 saturated heterocycles. The lowest BCUT2D eigenvalue weighted by Gasteiger charge is -2.14. The molecular formula is C20H28N2OS. The van der Waals surface area contributed by atoms with Gasteiger partial charge in [-0.05, 0) is 49.7 Å². The van der Waals surface area contributed by atoms with E-state index in [2.05, 4.69) is 56.4 Å². The second kappa shape index (κ2) is 9.00. The molecule has 0 aliphatic heterocycles. The molecule has 0 bridgehead atoms. The van der Waals surface area contributed by atoms with Gasteiger partial charge in [-0.1, -0.05) is 44.5 Å². The smallest absolute Gasteiger partial charge is 0.261 e.